The quantitative estimate of drug-likeness (QED) is 0.862. The van der Waals surface area contributed by atoms with Gasteiger partial charge in [-0.25, -0.2) is 4.98 Å². The Kier molecular flexibility index (Phi) is 4.58. The van der Waals surface area contributed by atoms with Crippen molar-refractivity contribution >= 4 is 0 Å². The van der Waals surface area contributed by atoms with Gasteiger partial charge in [-0.1, -0.05) is 12.1 Å². The number of nitrogens with two attached hydrogens (primary N) is 1. The molecule has 1 aromatic heterocycles. The zero-order valence-corrected chi connectivity index (χ0v) is 11.5. The first-order valence-corrected chi connectivity index (χ1v) is 6.53. The van der Waals surface area contributed by atoms with Gasteiger partial charge in [0.05, 0.1) is 7.11 Å². The van der Waals surface area contributed by atoms with Crippen LogP contribution in [-0.2, 0) is 19.9 Å². The van der Waals surface area contributed by atoms with E-state index in [2.05, 4.69) is 17.1 Å². The highest BCUT2D eigenvalue weighted by Crippen LogP contribution is 2.13. The van der Waals surface area contributed by atoms with Crippen LogP contribution >= 0.6 is 0 Å². The lowest BCUT2D eigenvalue weighted by atomic mass is 10.0. The minimum Gasteiger partial charge on any atom is -0.497 e. The van der Waals surface area contributed by atoms with E-state index in [1.54, 1.807) is 7.11 Å². The maximum absolute atomic E-state index is 6.17. The molecule has 2 N–H and O–H groups in total. The van der Waals surface area contributed by atoms with Crippen molar-refractivity contribution in [1.29, 1.82) is 0 Å². The Morgan fingerprint density at radius 3 is 2.63 bits per heavy atom. The smallest absolute Gasteiger partial charge is 0.118 e. The second kappa shape index (κ2) is 6.38. The Morgan fingerprint density at radius 2 is 2.05 bits per heavy atom. The van der Waals surface area contributed by atoms with Crippen molar-refractivity contribution in [3.63, 3.8) is 0 Å². The fraction of sp³-hybridized carbons (Fsp3) is 0.400. The van der Waals surface area contributed by atoms with Gasteiger partial charge in [-0.05, 0) is 30.5 Å². The molecule has 19 heavy (non-hydrogen) atoms. The summed E-state index contributed by atoms with van der Waals surface area (Å²) in [6.45, 7) is 0. The molecule has 0 fully saturated rings. The minimum absolute atomic E-state index is 0.157. The molecule has 0 aliphatic rings. The maximum atomic E-state index is 6.17. The van der Waals surface area contributed by atoms with Gasteiger partial charge in [0.1, 0.15) is 11.6 Å². The normalized spacial score (nSPS) is 12.4. The van der Waals surface area contributed by atoms with Crippen molar-refractivity contribution in [3.05, 3.63) is 48.0 Å². The summed E-state index contributed by atoms with van der Waals surface area (Å²) in [5.74, 6) is 1.97. The van der Waals surface area contributed by atoms with Crippen LogP contribution in [0.4, 0.5) is 0 Å². The number of nitrogens with zero attached hydrogens (tertiary/aromatic N) is 2. The zero-order chi connectivity index (χ0) is 13.7. The number of aryl methyl sites for hydroxylation is 2. The molecule has 4 nitrogen and oxygen atoms in total. The standard InChI is InChI=1S/C15H21N3O/c1-18-10-9-17-15(18)8-5-13(16)11-12-3-6-14(19-2)7-4-12/h3-4,6-7,9-10,13H,5,8,11,16H2,1-2H3. The van der Waals surface area contributed by atoms with Gasteiger partial charge >= 0.3 is 0 Å². The van der Waals surface area contributed by atoms with Crippen molar-refractivity contribution < 1.29 is 4.74 Å². The van der Waals surface area contributed by atoms with Gasteiger partial charge in [-0.3, -0.25) is 0 Å². The second-order valence-corrected chi connectivity index (χ2v) is 4.81. The Labute approximate surface area is 114 Å². The molecule has 0 radical (unpaired) electrons. The summed E-state index contributed by atoms with van der Waals surface area (Å²) in [5.41, 5.74) is 7.42. The topological polar surface area (TPSA) is 53.1 Å². The average molecular weight is 259 g/mol. The minimum atomic E-state index is 0.157. The summed E-state index contributed by atoms with van der Waals surface area (Å²) in [4.78, 5) is 4.31. The van der Waals surface area contributed by atoms with E-state index in [9.17, 15) is 0 Å². The zero-order valence-electron chi connectivity index (χ0n) is 11.5. The number of benzene rings is 1. The third kappa shape index (κ3) is 3.83. The van der Waals surface area contributed by atoms with Crippen LogP contribution in [0.5, 0.6) is 5.75 Å². The number of ether oxygens (including phenoxy) is 1. The Balaban J connectivity index is 1.83. The number of hydrogen-bond acceptors (Lipinski definition) is 3. The van der Waals surface area contributed by atoms with E-state index in [4.69, 9.17) is 10.5 Å². The molecular weight excluding hydrogens is 238 g/mol. The molecule has 1 unspecified atom stereocenters. The van der Waals surface area contributed by atoms with Crippen LogP contribution < -0.4 is 10.5 Å². The molecule has 1 heterocycles. The molecule has 0 aliphatic heterocycles. The van der Waals surface area contributed by atoms with Crippen LogP contribution in [0.25, 0.3) is 0 Å². The predicted molar refractivity (Wildman–Crippen MR) is 76.2 cm³/mol. The summed E-state index contributed by atoms with van der Waals surface area (Å²) in [6.07, 6.45) is 6.53. The van der Waals surface area contributed by atoms with E-state index >= 15 is 0 Å². The van der Waals surface area contributed by atoms with Crippen molar-refractivity contribution in [2.75, 3.05) is 7.11 Å². The van der Waals surface area contributed by atoms with Gasteiger partial charge in [-0.15, -0.1) is 0 Å². The van der Waals surface area contributed by atoms with Gasteiger partial charge in [0.2, 0.25) is 0 Å². The van der Waals surface area contributed by atoms with E-state index in [-0.39, 0.29) is 6.04 Å². The number of aromatic nitrogens is 2. The fourth-order valence-corrected chi connectivity index (χ4v) is 2.12. The first-order valence-electron chi connectivity index (χ1n) is 6.53. The van der Waals surface area contributed by atoms with Crippen molar-refractivity contribution in [1.82, 2.24) is 9.55 Å². The van der Waals surface area contributed by atoms with Gasteiger partial charge in [0, 0.05) is 31.9 Å². The second-order valence-electron chi connectivity index (χ2n) is 4.81. The first-order chi connectivity index (χ1) is 9.19. The molecule has 4 heteroatoms. The van der Waals surface area contributed by atoms with Gasteiger partial charge in [-0.2, -0.15) is 0 Å². The van der Waals surface area contributed by atoms with Crippen LogP contribution in [0.2, 0.25) is 0 Å². The van der Waals surface area contributed by atoms with E-state index in [1.165, 1.54) is 5.56 Å². The molecule has 0 amide bonds. The number of methoxy groups -OCH3 is 1. The Bertz CT molecular complexity index is 504. The molecule has 0 saturated heterocycles. The van der Waals surface area contributed by atoms with E-state index in [0.29, 0.717) is 0 Å². The van der Waals surface area contributed by atoms with Crippen LogP contribution in [0.15, 0.2) is 36.7 Å². The highest BCUT2D eigenvalue weighted by molar-refractivity contribution is 5.27. The number of rotatable bonds is 6. The van der Waals surface area contributed by atoms with Crippen LogP contribution in [0.1, 0.15) is 17.8 Å². The van der Waals surface area contributed by atoms with E-state index < -0.39 is 0 Å². The lowest BCUT2D eigenvalue weighted by molar-refractivity contribution is 0.414. The van der Waals surface area contributed by atoms with Crippen molar-refractivity contribution in [2.24, 2.45) is 12.8 Å². The molecule has 1 atom stereocenters. The monoisotopic (exact) mass is 259 g/mol. The molecular formula is C15H21N3O. The summed E-state index contributed by atoms with van der Waals surface area (Å²) in [7, 11) is 3.69. The largest absolute Gasteiger partial charge is 0.497 e. The lowest BCUT2D eigenvalue weighted by Gasteiger charge is -2.12. The van der Waals surface area contributed by atoms with E-state index in [1.807, 2.05) is 36.1 Å². The van der Waals surface area contributed by atoms with E-state index in [0.717, 1.165) is 30.8 Å². The molecule has 2 rings (SSSR count). The molecule has 1 aromatic carbocycles. The SMILES string of the molecule is COc1ccc(CC(N)CCc2nccn2C)cc1. The highest BCUT2D eigenvalue weighted by atomic mass is 16.5. The molecule has 0 spiro atoms. The number of imidazole rings is 1. The molecule has 0 bridgehead atoms. The summed E-state index contributed by atoms with van der Waals surface area (Å²) < 4.78 is 7.18. The summed E-state index contributed by atoms with van der Waals surface area (Å²) in [5, 5.41) is 0. The van der Waals surface area contributed by atoms with Crippen molar-refractivity contribution in [2.45, 2.75) is 25.3 Å². The Morgan fingerprint density at radius 1 is 1.32 bits per heavy atom. The van der Waals surface area contributed by atoms with Gasteiger partial charge in [0.15, 0.2) is 0 Å². The molecule has 0 saturated carbocycles. The Hall–Kier alpha value is -1.81. The summed E-state index contributed by atoms with van der Waals surface area (Å²) >= 11 is 0. The maximum Gasteiger partial charge on any atom is 0.118 e. The van der Waals surface area contributed by atoms with Gasteiger partial charge in [0.25, 0.3) is 0 Å². The molecule has 0 aliphatic carbocycles. The lowest BCUT2D eigenvalue weighted by Crippen LogP contribution is -2.24. The highest BCUT2D eigenvalue weighted by Gasteiger charge is 2.07. The third-order valence-corrected chi connectivity index (χ3v) is 3.32. The van der Waals surface area contributed by atoms with Crippen LogP contribution in [-0.4, -0.2) is 22.7 Å². The molecule has 2 aromatic rings. The number of hydrogen-bond donors (Lipinski definition) is 1. The third-order valence-electron chi connectivity index (χ3n) is 3.32. The first kappa shape index (κ1) is 13.6. The fourth-order valence-electron chi connectivity index (χ4n) is 2.12. The van der Waals surface area contributed by atoms with Gasteiger partial charge < -0.3 is 15.0 Å². The van der Waals surface area contributed by atoms with Crippen LogP contribution in [0.3, 0.4) is 0 Å². The average Bonchev–Trinajstić information content (AvgIpc) is 2.83. The van der Waals surface area contributed by atoms with Crippen molar-refractivity contribution in [3.8, 4) is 5.75 Å². The predicted octanol–water partition coefficient (Wildman–Crippen LogP) is 1.93. The van der Waals surface area contributed by atoms with Crippen LogP contribution in [0, 0.1) is 0 Å². The summed E-state index contributed by atoms with van der Waals surface area (Å²) in [6, 6.07) is 8.24. The molecule has 102 valence electrons.